The summed E-state index contributed by atoms with van der Waals surface area (Å²) < 4.78 is 0. The van der Waals surface area contributed by atoms with Gasteiger partial charge in [0.25, 0.3) is 0 Å². The van der Waals surface area contributed by atoms with Crippen molar-refractivity contribution in [2.24, 2.45) is 5.92 Å². The number of nitrogens with one attached hydrogen (secondary N) is 1. The van der Waals surface area contributed by atoms with Gasteiger partial charge in [-0.3, -0.25) is 9.69 Å². The highest BCUT2D eigenvalue weighted by Crippen LogP contribution is 2.27. The van der Waals surface area contributed by atoms with Crippen molar-refractivity contribution in [3.63, 3.8) is 0 Å². The Hall–Kier alpha value is -1.55. The van der Waals surface area contributed by atoms with E-state index in [9.17, 15) is 4.79 Å². The van der Waals surface area contributed by atoms with Gasteiger partial charge in [0.05, 0.1) is 10.7 Å². The number of anilines is 1. The van der Waals surface area contributed by atoms with E-state index >= 15 is 0 Å². The van der Waals surface area contributed by atoms with Crippen LogP contribution in [0.1, 0.15) is 18.4 Å². The van der Waals surface area contributed by atoms with Gasteiger partial charge in [0, 0.05) is 17.5 Å². The zero-order valence-electron chi connectivity index (χ0n) is 13.3. The van der Waals surface area contributed by atoms with Crippen molar-refractivity contribution in [3.8, 4) is 0 Å². The fourth-order valence-electron chi connectivity index (χ4n) is 3.02. The van der Waals surface area contributed by atoms with Gasteiger partial charge in [-0.25, -0.2) is 0 Å². The second kappa shape index (κ2) is 8.02. The number of hydrogen-bond donors (Lipinski definition) is 1. The molecule has 1 N–H and O–H groups in total. The van der Waals surface area contributed by atoms with Crippen molar-refractivity contribution in [3.05, 3.63) is 64.1 Å². The van der Waals surface area contributed by atoms with E-state index in [1.165, 1.54) is 5.56 Å². The summed E-state index contributed by atoms with van der Waals surface area (Å²) in [5.74, 6) is 0.0469. The van der Waals surface area contributed by atoms with Crippen LogP contribution in [0.15, 0.2) is 48.5 Å². The molecule has 3 rings (SSSR count). The van der Waals surface area contributed by atoms with E-state index in [0.29, 0.717) is 15.7 Å². The number of nitrogens with zero attached hydrogens (tertiary/aromatic N) is 1. The van der Waals surface area contributed by atoms with Crippen molar-refractivity contribution in [2.75, 3.05) is 18.4 Å². The predicted octanol–water partition coefficient (Wildman–Crippen LogP) is 4.84. The molecule has 2 aromatic rings. The molecule has 2 aromatic carbocycles. The molecule has 0 atom stereocenters. The average molecular weight is 363 g/mol. The molecule has 1 saturated heterocycles. The van der Waals surface area contributed by atoms with Crippen LogP contribution in [0.4, 0.5) is 5.69 Å². The van der Waals surface area contributed by atoms with Crippen molar-refractivity contribution >= 4 is 34.8 Å². The van der Waals surface area contributed by atoms with Crippen LogP contribution in [-0.2, 0) is 11.3 Å². The van der Waals surface area contributed by atoms with Crippen molar-refractivity contribution in [2.45, 2.75) is 19.4 Å². The highest BCUT2D eigenvalue weighted by molar-refractivity contribution is 6.35. The Morgan fingerprint density at radius 3 is 2.50 bits per heavy atom. The number of likely N-dealkylation sites (tertiary alicyclic amines) is 1. The zero-order valence-corrected chi connectivity index (χ0v) is 14.9. The summed E-state index contributed by atoms with van der Waals surface area (Å²) in [6.07, 6.45) is 1.72. The van der Waals surface area contributed by atoms with Gasteiger partial charge in [0.2, 0.25) is 5.91 Å². The van der Waals surface area contributed by atoms with Crippen LogP contribution in [0, 0.1) is 5.92 Å². The molecule has 3 nitrogen and oxygen atoms in total. The topological polar surface area (TPSA) is 32.3 Å². The van der Waals surface area contributed by atoms with Crippen LogP contribution < -0.4 is 5.32 Å². The number of hydrogen-bond acceptors (Lipinski definition) is 2. The largest absolute Gasteiger partial charge is 0.324 e. The van der Waals surface area contributed by atoms with Crippen molar-refractivity contribution < 1.29 is 4.79 Å². The van der Waals surface area contributed by atoms with Crippen LogP contribution in [0.2, 0.25) is 10.0 Å². The lowest BCUT2D eigenvalue weighted by Gasteiger charge is -2.31. The lowest BCUT2D eigenvalue weighted by Crippen LogP contribution is -2.37. The molecule has 24 heavy (non-hydrogen) atoms. The third kappa shape index (κ3) is 4.50. The summed E-state index contributed by atoms with van der Waals surface area (Å²) in [7, 11) is 0. The first kappa shape index (κ1) is 17.3. The van der Waals surface area contributed by atoms with E-state index in [1.54, 1.807) is 18.2 Å². The van der Waals surface area contributed by atoms with Crippen LogP contribution in [0.5, 0.6) is 0 Å². The molecule has 0 aromatic heterocycles. The van der Waals surface area contributed by atoms with E-state index in [-0.39, 0.29) is 11.8 Å². The maximum absolute atomic E-state index is 12.5. The Bertz CT molecular complexity index is 698. The minimum atomic E-state index is 0.0204. The molecule has 0 bridgehead atoms. The molecular formula is C19H20Cl2N2O. The van der Waals surface area contributed by atoms with Gasteiger partial charge in [0.1, 0.15) is 0 Å². The number of carbonyl (C=O) groups is 1. The number of benzene rings is 2. The molecule has 1 aliphatic rings. The minimum absolute atomic E-state index is 0.0204. The van der Waals surface area contributed by atoms with E-state index in [2.05, 4.69) is 34.5 Å². The van der Waals surface area contributed by atoms with Crippen LogP contribution in [0.3, 0.4) is 0 Å². The number of rotatable bonds is 4. The first-order valence-electron chi connectivity index (χ1n) is 8.14. The molecule has 1 fully saturated rings. The standard InChI is InChI=1S/C19H20Cl2N2O/c20-16-6-7-17(21)18(12-16)22-19(24)15-8-10-23(11-9-15)13-14-4-2-1-3-5-14/h1-7,12,15H,8-11,13H2,(H,22,24). The number of halogens is 2. The molecule has 0 spiro atoms. The highest BCUT2D eigenvalue weighted by Gasteiger charge is 2.25. The van der Waals surface area contributed by atoms with Gasteiger partial charge in [-0.05, 0) is 49.7 Å². The third-order valence-electron chi connectivity index (χ3n) is 4.39. The quantitative estimate of drug-likeness (QED) is 0.843. The minimum Gasteiger partial charge on any atom is -0.324 e. The molecule has 1 amide bonds. The van der Waals surface area contributed by atoms with E-state index in [0.717, 1.165) is 32.5 Å². The van der Waals surface area contributed by atoms with Crippen molar-refractivity contribution in [1.82, 2.24) is 4.90 Å². The SMILES string of the molecule is O=C(Nc1cc(Cl)ccc1Cl)C1CCN(Cc2ccccc2)CC1. The summed E-state index contributed by atoms with van der Waals surface area (Å²) in [6, 6.07) is 15.5. The fraction of sp³-hybridized carbons (Fsp3) is 0.316. The maximum Gasteiger partial charge on any atom is 0.227 e. The summed E-state index contributed by atoms with van der Waals surface area (Å²) in [4.78, 5) is 14.9. The Labute approximate surface area is 152 Å². The smallest absolute Gasteiger partial charge is 0.227 e. The van der Waals surface area contributed by atoms with E-state index < -0.39 is 0 Å². The Morgan fingerprint density at radius 1 is 1.08 bits per heavy atom. The molecule has 0 unspecified atom stereocenters. The van der Waals surface area contributed by atoms with Gasteiger partial charge < -0.3 is 5.32 Å². The predicted molar refractivity (Wildman–Crippen MR) is 99.5 cm³/mol. The van der Waals surface area contributed by atoms with Crippen molar-refractivity contribution in [1.29, 1.82) is 0 Å². The summed E-state index contributed by atoms with van der Waals surface area (Å²) in [5, 5.41) is 3.98. The van der Waals surface area contributed by atoms with Gasteiger partial charge in [-0.1, -0.05) is 53.5 Å². The Morgan fingerprint density at radius 2 is 1.79 bits per heavy atom. The summed E-state index contributed by atoms with van der Waals surface area (Å²) in [6.45, 7) is 2.79. The van der Waals surface area contributed by atoms with E-state index in [4.69, 9.17) is 23.2 Å². The Balaban J connectivity index is 1.52. The normalized spacial score (nSPS) is 16.1. The van der Waals surface area contributed by atoms with Gasteiger partial charge in [-0.15, -0.1) is 0 Å². The maximum atomic E-state index is 12.5. The first-order valence-corrected chi connectivity index (χ1v) is 8.89. The Kier molecular flexibility index (Phi) is 5.77. The van der Waals surface area contributed by atoms with Crippen LogP contribution >= 0.6 is 23.2 Å². The number of amides is 1. The monoisotopic (exact) mass is 362 g/mol. The molecule has 126 valence electrons. The van der Waals surface area contributed by atoms with Gasteiger partial charge in [0.15, 0.2) is 0 Å². The lowest BCUT2D eigenvalue weighted by molar-refractivity contribution is -0.121. The molecule has 0 aliphatic carbocycles. The molecule has 0 radical (unpaired) electrons. The third-order valence-corrected chi connectivity index (χ3v) is 4.96. The molecule has 0 saturated carbocycles. The first-order chi connectivity index (χ1) is 11.6. The average Bonchev–Trinajstić information content (AvgIpc) is 2.60. The number of carbonyl (C=O) groups excluding carboxylic acids is 1. The summed E-state index contributed by atoms with van der Waals surface area (Å²) in [5.41, 5.74) is 1.90. The summed E-state index contributed by atoms with van der Waals surface area (Å²) >= 11 is 12.1. The zero-order chi connectivity index (χ0) is 16.9. The molecule has 1 aliphatic heterocycles. The van der Waals surface area contributed by atoms with Crippen LogP contribution in [-0.4, -0.2) is 23.9 Å². The molecule has 5 heteroatoms. The fourth-order valence-corrected chi connectivity index (χ4v) is 3.36. The second-order valence-corrected chi connectivity index (χ2v) is 6.99. The molecular weight excluding hydrogens is 343 g/mol. The molecule has 1 heterocycles. The van der Waals surface area contributed by atoms with Gasteiger partial charge in [-0.2, -0.15) is 0 Å². The highest BCUT2D eigenvalue weighted by atomic mass is 35.5. The van der Waals surface area contributed by atoms with E-state index in [1.807, 2.05) is 6.07 Å². The lowest BCUT2D eigenvalue weighted by atomic mass is 9.95. The second-order valence-electron chi connectivity index (χ2n) is 6.15. The number of piperidine rings is 1. The van der Waals surface area contributed by atoms with Gasteiger partial charge >= 0.3 is 0 Å². The van der Waals surface area contributed by atoms with Crippen LogP contribution in [0.25, 0.3) is 0 Å².